The van der Waals surface area contributed by atoms with Crippen LogP contribution in [0.15, 0.2) is 41.6 Å². The molecule has 1 aromatic carbocycles. The standard InChI is InChI=1S/C15H20N4S/c1-4-12(11-8-6-5-7-9-11)17-14-10-13(16-2)18-15(19-14)20-3/h5-10,12H,4H2,1-3H3,(H2,16,17,18,19). The second kappa shape index (κ2) is 7.14. The highest BCUT2D eigenvalue weighted by atomic mass is 32.2. The number of nitrogens with zero attached hydrogens (tertiary/aromatic N) is 2. The molecule has 0 aliphatic carbocycles. The van der Waals surface area contributed by atoms with E-state index in [2.05, 4.69) is 51.8 Å². The molecule has 2 aromatic rings. The molecule has 0 aliphatic rings. The summed E-state index contributed by atoms with van der Waals surface area (Å²) in [6, 6.07) is 12.6. The van der Waals surface area contributed by atoms with E-state index < -0.39 is 0 Å². The fourth-order valence-corrected chi connectivity index (χ4v) is 2.38. The van der Waals surface area contributed by atoms with Crippen LogP contribution in [0.2, 0.25) is 0 Å². The van der Waals surface area contributed by atoms with E-state index >= 15 is 0 Å². The summed E-state index contributed by atoms with van der Waals surface area (Å²) >= 11 is 1.54. The summed E-state index contributed by atoms with van der Waals surface area (Å²) in [4.78, 5) is 8.89. The first kappa shape index (κ1) is 14.7. The maximum Gasteiger partial charge on any atom is 0.191 e. The van der Waals surface area contributed by atoms with Crippen LogP contribution in [0.5, 0.6) is 0 Å². The fraction of sp³-hybridized carbons (Fsp3) is 0.333. The van der Waals surface area contributed by atoms with Crippen molar-refractivity contribution in [3.8, 4) is 0 Å². The molecule has 0 fully saturated rings. The number of rotatable bonds is 6. The van der Waals surface area contributed by atoms with Crippen LogP contribution in [-0.4, -0.2) is 23.3 Å². The third kappa shape index (κ3) is 3.63. The van der Waals surface area contributed by atoms with Crippen LogP contribution in [0.3, 0.4) is 0 Å². The normalized spacial score (nSPS) is 11.9. The molecular formula is C15H20N4S. The lowest BCUT2D eigenvalue weighted by Crippen LogP contribution is -2.11. The monoisotopic (exact) mass is 288 g/mol. The van der Waals surface area contributed by atoms with Gasteiger partial charge in [0.2, 0.25) is 0 Å². The van der Waals surface area contributed by atoms with Gasteiger partial charge in [0.05, 0.1) is 6.04 Å². The van der Waals surface area contributed by atoms with Gasteiger partial charge in [0, 0.05) is 13.1 Å². The first-order valence-electron chi connectivity index (χ1n) is 6.69. The SMILES string of the molecule is CCC(Nc1cc(NC)nc(SC)n1)c1ccccc1. The van der Waals surface area contributed by atoms with Crippen LogP contribution in [0.4, 0.5) is 11.6 Å². The number of hydrogen-bond donors (Lipinski definition) is 2. The van der Waals surface area contributed by atoms with Gasteiger partial charge in [-0.05, 0) is 18.2 Å². The molecule has 2 rings (SSSR count). The lowest BCUT2D eigenvalue weighted by atomic mass is 10.0. The van der Waals surface area contributed by atoms with E-state index in [1.54, 1.807) is 11.8 Å². The van der Waals surface area contributed by atoms with E-state index in [4.69, 9.17) is 0 Å². The molecule has 1 aromatic heterocycles. The van der Waals surface area contributed by atoms with Crippen molar-refractivity contribution >= 4 is 23.4 Å². The van der Waals surface area contributed by atoms with Gasteiger partial charge in [-0.2, -0.15) is 0 Å². The second-order valence-electron chi connectivity index (χ2n) is 4.39. The molecule has 0 saturated heterocycles. The van der Waals surface area contributed by atoms with Crippen molar-refractivity contribution in [2.75, 3.05) is 23.9 Å². The Hall–Kier alpha value is -1.75. The first-order chi connectivity index (χ1) is 9.76. The third-order valence-electron chi connectivity index (χ3n) is 3.08. The minimum atomic E-state index is 0.255. The van der Waals surface area contributed by atoms with Gasteiger partial charge in [0.1, 0.15) is 11.6 Å². The highest BCUT2D eigenvalue weighted by Gasteiger charge is 2.11. The molecule has 5 heteroatoms. The van der Waals surface area contributed by atoms with Gasteiger partial charge in [-0.25, -0.2) is 9.97 Å². The lowest BCUT2D eigenvalue weighted by molar-refractivity contribution is 0.740. The summed E-state index contributed by atoms with van der Waals surface area (Å²) in [5.41, 5.74) is 1.27. The van der Waals surface area contributed by atoms with Gasteiger partial charge in [0.25, 0.3) is 0 Å². The van der Waals surface area contributed by atoms with Crippen LogP contribution in [0.25, 0.3) is 0 Å². The van der Waals surface area contributed by atoms with Gasteiger partial charge >= 0.3 is 0 Å². The average molecular weight is 288 g/mol. The molecule has 0 aliphatic heterocycles. The summed E-state index contributed by atoms with van der Waals surface area (Å²) in [5, 5.41) is 7.32. The fourth-order valence-electron chi connectivity index (χ4n) is 2.00. The highest BCUT2D eigenvalue weighted by Crippen LogP contribution is 2.24. The lowest BCUT2D eigenvalue weighted by Gasteiger charge is -2.18. The maximum atomic E-state index is 4.51. The predicted molar refractivity (Wildman–Crippen MR) is 86.5 cm³/mol. The molecule has 0 bridgehead atoms. The number of aromatic nitrogens is 2. The summed E-state index contributed by atoms with van der Waals surface area (Å²) < 4.78 is 0. The molecule has 1 atom stereocenters. The Balaban J connectivity index is 2.23. The molecule has 2 N–H and O–H groups in total. The molecule has 1 heterocycles. The maximum absolute atomic E-state index is 4.51. The second-order valence-corrected chi connectivity index (χ2v) is 5.16. The van der Waals surface area contributed by atoms with E-state index in [0.29, 0.717) is 0 Å². The van der Waals surface area contributed by atoms with Crippen molar-refractivity contribution in [3.63, 3.8) is 0 Å². The summed E-state index contributed by atoms with van der Waals surface area (Å²) in [5.74, 6) is 1.68. The van der Waals surface area contributed by atoms with Crippen LogP contribution in [-0.2, 0) is 0 Å². The molecule has 4 nitrogen and oxygen atoms in total. The Kier molecular flexibility index (Phi) is 5.24. The number of anilines is 2. The molecule has 1 unspecified atom stereocenters. The van der Waals surface area contributed by atoms with Crippen molar-refractivity contribution in [2.45, 2.75) is 24.5 Å². The molecule has 0 saturated carbocycles. The van der Waals surface area contributed by atoms with Gasteiger partial charge in [-0.15, -0.1) is 0 Å². The predicted octanol–water partition coefficient (Wildman–Crippen LogP) is 3.80. The first-order valence-corrected chi connectivity index (χ1v) is 7.91. The number of benzene rings is 1. The molecular weight excluding hydrogens is 268 g/mol. The zero-order valence-electron chi connectivity index (χ0n) is 12.1. The summed E-state index contributed by atoms with van der Waals surface area (Å²) in [6.07, 6.45) is 2.98. The molecule has 0 spiro atoms. The quantitative estimate of drug-likeness (QED) is 0.625. The average Bonchev–Trinajstić information content (AvgIpc) is 2.53. The van der Waals surface area contributed by atoms with Gasteiger partial charge in [0.15, 0.2) is 5.16 Å². The van der Waals surface area contributed by atoms with Gasteiger partial charge < -0.3 is 10.6 Å². The Labute approximate surface area is 124 Å². The van der Waals surface area contributed by atoms with Crippen LogP contribution in [0.1, 0.15) is 24.9 Å². The minimum absolute atomic E-state index is 0.255. The Bertz CT molecular complexity index is 523. The zero-order valence-corrected chi connectivity index (χ0v) is 12.9. The Morgan fingerprint density at radius 3 is 2.45 bits per heavy atom. The van der Waals surface area contributed by atoms with Crippen molar-refractivity contribution in [1.29, 1.82) is 0 Å². The summed E-state index contributed by atoms with van der Waals surface area (Å²) in [7, 11) is 1.87. The highest BCUT2D eigenvalue weighted by molar-refractivity contribution is 7.98. The van der Waals surface area contributed by atoms with E-state index in [9.17, 15) is 0 Å². The number of hydrogen-bond acceptors (Lipinski definition) is 5. The van der Waals surface area contributed by atoms with Crippen LogP contribution >= 0.6 is 11.8 Å². The number of thioether (sulfide) groups is 1. The largest absolute Gasteiger partial charge is 0.373 e. The number of nitrogens with one attached hydrogen (secondary N) is 2. The van der Waals surface area contributed by atoms with Crippen molar-refractivity contribution in [2.24, 2.45) is 0 Å². The van der Waals surface area contributed by atoms with Gasteiger partial charge in [-0.1, -0.05) is 49.0 Å². The molecule has 106 valence electrons. The Morgan fingerprint density at radius 1 is 1.15 bits per heavy atom. The molecule has 0 amide bonds. The Morgan fingerprint density at radius 2 is 1.85 bits per heavy atom. The van der Waals surface area contributed by atoms with Crippen LogP contribution < -0.4 is 10.6 Å². The zero-order chi connectivity index (χ0) is 14.4. The topological polar surface area (TPSA) is 49.8 Å². The third-order valence-corrected chi connectivity index (χ3v) is 3.62. The van der Waals surface area contributed by atoms with Crippen LogP contribution in [0, 0.1) is 0 Å². The van der Waals surface area contributed by atoms with Crippen molar-refractivity contribution in [3.05, 3.63) is 42.0 Å². The van der Waals surface area contributed by atoms with E-state index in [1.807, 2.05) is 25.4 Å². The molecule has 20 heavy (non-hydrogen) atoms. The van der Waals surface area contributed by atoms with Crippen molar-refractivity contribution < 1.29 is 0 Å². The minimum Gasteiger partial charge on any atom is -0.373 e. The van der Waals surface area contributed by atoms with E-state index in [-0.39, 0.29) is 6.04 Å². The van der Waals surface area contributed by atoms with E-state index in [1.165, 1.54) is 5.56 Å². The smallest absolute Gasteiger partial charge is 0.191 e. The summed E-state index contributed by atoms with van der Waals surface area (Å²) in [6.45, 7) is 2.17. The molecule has 0 radical (unpaired) electrons. The van der Waals surface area contributed by atoms with Gasteiger partial charge in [-0.3, -0.25) is 0 Å². The van der Waals surface area contributed by atoms with E-state index in [0.717, 1.165) is 23.2 Å². The van der Waals surface area contributed by atoms with Crippen molar-refractivity contribution in [1.82, 2.24) is 9.97 Å².